The summed E-state index contributed by atoms with van der Waals surface area (Å²) in [6, 6.07) is 7.99. The van der Waals surface area contributed by atoms with Crippen molar-refractivity contribution in [2.75, 3.05) is 5.32 Å². The van der Waals surface area contributed by atoms with Gasteiger partial charge in [0.25, 0.3) is 0 Å². The maximum absolute atomic E-state index is 12.0. The molecule has 0 aliphatic carbocycles. The van der Waals surface area contributed by atoms with Crippen LogP contribution < -0.4 is 5.32 Å². The molecule has 0 saturated heterocycles. The first kappa shape index (κ1) is 14.3. The molecule has 18 heavy (non-hydrogen) atoms. The minimum atomic E-state index is -4.66. The number of hydrogen-bond acceptors (Lipinski definition) is 3. The van der Waals surface area contributed by atoms with E-state index < -0.39 is 18.5 Å². The van der Waals surface area contributed by atoms with Crippen LogP contribution in [0.3, 0.4) is 0 Å². The molecular formula is C12H13F3N2O. The van der Waals surface area contributed by atoms with Crippen molar-refractivity contribution >= 4 is 5.69 Å². The highest BCUT2D eigenvalue weighted by Crippen LogP contribution is 2.22. The first-order valence-corrected chi connectivity index (χ1v) is 5.33. The normalized spacial score (nSPS) is 14.7. The molecule has 0 radical (unpaired) electrons. The summed E-state index contributed by atoms with van der Waals surface area (Å²) in [6.45, 7) is 2.88. The summed E-state index contributed by atoms with van der Waals surface area (Å²) in [5, 5.41) is 11.7. The van der Waals surface area contributed by atoms with Gasteiger partial charge < -0.3 is 5.32 Å². The molecule has 0 aliphatic rings. The van der Waals surface area contributed by atoms with Crippen molar-refractivity contribution in [2.45, 2.75) is 32.4 Å². The highest BCUT2D eigenvalue weighted by atomic mass is 19.4. The molecule has 6 heteroatoms. The average Bonchev–Trinajstić information content (AvgIpc) is 2.27. The second-order valence-electron chi connectivity index (χ2n) is 3.86. The van der Waals surface area contributed by atoms with Crippen LogP contribution in [0.4, 0.5) is 18.9 Å². The Morgan fingerprint density at radius 3 is 2.44 bits per heavy atom. The van der Waals surface area contributed by atoms with Crippen LogP contribution in [0.15, 0.2) is 24.3 Å². The Morgan fingerprint density at radius 2 is 1.89 bits per heavy atom. The lowest BCUT2D eigenvalue weighted by Crippen LogP contribution is -2.35. The maximum atomic E-state index is 12.0. The van der Waals surface area contributed by atoms with Crippen molar-refractivity contribution in [3.8, 4) is 6.07 Å². The number of nitriles is 1. The van der Waals surface area contributed by atoms with Gasteiger partial charge in [-0.05, 0) is 26.0 Å². The molecule has 0 amide bonds. The monoisotopic (exact) mass is 258 g/mol. The average molecular weight is 258 g/mol. The smallest absolute Gasteiger partial charge is 0.379 e. The summed E-state index contributed by atoms with van der Waals surface area (Å²) in [7, 11) is 0. The van der Waals surface area contributed by atoms with E-state index in [1.807, 2.05) is 6.07 Å². The quantitative estimate of drug-likeness (QED) is 0.901. The Morgan fingerprint density at radius 1 is 1.28 bits per heavy atom. The minimum absolute atomic E-state index is 0.378. The molecule has 1 aromatic rings. The highest BCUT2D eigenvalue weighted by molar-refractivity contribution is 5.57. The lowest BCUT2D eigenvalue weighted by molar-refractivity contribution is -0.341. The fourth-order valence-corrected chi connectivity index (χ4v) is 1.38. The Bertz CT molecular complexity index is 440. The predicted molar refractivity (Wildman–Crippen MR) is 60.8 cm³/mol. The molecular weight excluding hydrogens is 245 g/mol. The molecule has 0 bridgehead atoms. The fraction of sp³-hybridized carbons (Fsp3) is 0.417. The molecule has 1 unspecified atom stereocenters. The maximum Gasteiger partial charge on any atom is 0.522 e. The third kappa shape index (κ3) is 4.26. The second-order valence-corrected chi connectivity index (χ2v) is 3.86. The number of hydrogen-bond donors (Lipinski definition) is 1. The van der Waals surface area contributed by atoms with Gasteiger partial charge in [0.1, 0.15) is 6.07 Å². The Kier molecular flexibility index (Phi) is 4.56. The van der Waals surface area contributed by atoms with Crippen LogP contribution in [0.2, 0.25) is 0 Å². The number of para-hydroxylation sites is 1. The van der Waals surface area contributed by atoms with E-state index in [9.17, 15) is 13.2 Å². The molecule has 3 nitrogen and oxygen atoms in total. The molecule has 0 aliphatic heterocycles. The highest BCUT2D eigenvalue weighted by Gasteiger charge is 2.33. The summed E-state index contributed by atoms with van der Waals surface area (Å²) >= 11 is 0. The van der Waals surface area contributed by atoms with Crippen LogP contribution in [0.1, 0.15) is 19.4 Å². The van der Waals surface area contributed by atoms with Gasteiger partial charge in [-0.1, -0.05) is 12.1 Å². The summed E-state index contributed by atoms with van der Waals surface area (Å²) in [4.78, 5) is 0. The van der Waals surface area contributed by atoms with Gasteiger partial charge in [-0.15, -0.1) is 13.2 Å². The Hall–Kier alpha value is -1.74. The van der Waals surface area contributed by atoms with E-state index in [1.165, 1.54) is 6.92 Å². The van der Waals surface area contributed by atoms with Crippen molar-refractivity contribution < 1.29 is 17.9 Å². The SMILES string of the molecule is CC(Nc1ccccc1C#N)[C@@H](C)OC(F)(F)F. The van der Waals surface area contributed by atoms with Gasteiger partial charge in [-0.2, -0.15) is 5.26 Å². The van der Waals surface area contributed by atoms with Gasteiger partial charge >= 0.3 is 6.36 Å². The van der Waals surface area contributed by atoms with Crippen LogP contribution in [0, 0.1) is 11.3 Å². The molecule has 1 rings (SSSR count). The number of anilines is 1. The number of rotatable bonds is 4. The van der Waals surface area contributed by atoms with E-state index in [0.29, 0.717) is 11.3 Å². The van der Waals surface area contributed by atoms with Crippen LogP contribution in [0.5, 0.6) is 0 Å². The van der Waals surface area contributed by atoms with Crippen LogP contribution in [0.25, 0.3) is 0 Å². The third-order valence-corrected chi connectivity index (χ3v) is 2.45. The largest absolute Gasteiger partial charge is 0.522 e. The fourth-order valence-electron chi connectivity index (χ4n) is 1.38. The molecule has 0 spiro atoms. The number of nitrogens with one attached hydrogen (secondary N) is 1. The second kappa shape index (κ2) is 5.74. The van der Waals surface area contributed by atoms with Crippen LogP contribution in [-0.2, 0) is 4.74 Å². The topological polar surface area (TPSA) is 45.0 Å². The van der Waals surface area contributed by atoms with Crippen molar-refractivity contribution in [1.29, 1.82) is 5.26 Å². The van der Waals surface area contributed by atoms with E-state index in [4.69, 9.17) is 5.26 Å². The van der Waals surface area contributed by atoms with E-state index in [2.05, 4.69) is 10.1 Å². The van der Waals surface area contributed by atoms with Crippen molar-refractivity contribution in [3.05, 3.63) is 29.8 Å². The first-order chi connectivity index (χ1) is 8.33. The molecule has 0 fully saturated rings. The zero-order valence-electron chi connectivity index (χ0n) is 9.95. The van der Waals surface area contributed by atoms with Crippen molar-refractivity contribution in [1.82, 2.24) is 0 Å². The minimum Gasteiger partial charge on any atom is -0.379 e. The molecule has 1 N–H and O–H groups in total. The zero-order valence-corrected chi connectivity index (χ0v) is 9.95. The first-order valence-electron chi connectivity index (χ1n) is 5.33. The van der Waals surface area contributed by atoms with Gasteiger partial charge in [0.05, 0.1) is 17.4 Å². The summed E-state index contributed by atoms with van der Waals surface area (Å²) < 4.78 is 40.0. The molecule has 2 atom stereocenters. The van der Waals surface area contributed by atoms with Gasteiger partial charge in [-0.3, -0.25) is 4.74 Å². The van der Waals surface area contributed by atoms with Crippen molar-refractivity contribution in [2.24, 2.45) is 0 Å². The molecule has 0 aromatic heterocycles. The molecule has 98 valence electrons. The van der Waals surface area contributed by atoms with E-state index in [0.717, 1.165) is 0 Å². The Balaban J connectivity index is 2.70. The van der Waals surface area contributed by atoms with E-state index >= 15 is 0 Å². The summed E-state index contributed by atoms with van der Waals surface area (Å²) in [6.07, 6.45) is -5.72. The van der Waals surface area contributed by atoms with Crippen molar-refractivity contribution in [3.63, 3.8) is 0 Å². The molecule has 0 heterocycles. The standard InChI is InChI=1S/C12H13F3N2O/c1-8(9(2)18-12(13,14)15)17-11-6-4-3-5-10(11)7-16/h3-6,8-9,17H,1-2H3/t8?,9-/m1/s1. The van der Waals surface area contributed by atoms with Crippen LogP contribution >= 0.6 is 0 Å². The molecule has 0 saturated carbocycles. The van der Waals surface area contributed by atoms with E-state index in [-0.39, 0.29) is 0 Å². The third-order valence-electron chi connectivity index (χ3n) is 2.45. The van der Waals surface area contributed by atoms with Gasteiger partial charge in [0, 0.05) is 6.04 Å². The lowest BCUT2D eigenvalue weighted by Gasteiger charge is -2.23. The number of benzene rings is 1. The Labute approximate surface area is 103 Å². The number of nitrogens with zero attached hydrogens (tertiary/aromatic N) is 1. The summed E-state index contributed by atoms with van der Waals surface area (Å²) in [5.41, 5.74) is 0.869. The summed E-state index contributed by atoms with van der Waals surface area (Å²) in [5.74, 6) is 0. The number of ether oxygens (including phenoxy) is 1. The van der Waals surface area contributed by atoms with Gasteiger partial charge in [0.2, 0.25) is 0 Å². The number of alkyl halides is 3. The van der Waals surface area contributed by atoms with Gasteiger partial charge in [-0.25, -0.2) is 0 Å². The lowest BCUT2D eigenvalue weighted by atomic mass is 10.1. The zero-order chi connectivity index (χ0) is 13.8. The van der Waals surface area contributed by atoms with E-state index in [1.54, 1.807) is 31.2 Å². The number of halogens is 3. The molecule has 1 aromatic carbocycles. The van der Waals surface area contributed by atoms with Gasteiger partial charge in [0.15, 0.2) is 0 Å². The predicted octanol–water partition coefficient (Wildman–Crippen LogP) is 3.28. The van der Waals surface area contributed by atoms with Crippen LogP contribution in [-0.4, -0.2) is 18.5 Å².